The fourth-order valence-electron chi connectivity index (χ4n) is 4.16. The molecule has 160 valence electrons. The molecule has 1 saturated heterocycles. The summed E-state index contributed by atoms with van der Waals surface area (Å²) in [5.41, 5.74) is 2.67. The van der Waals surface area contributed by atoms with E-state index in [2.05, 4.69) is 63.0 Å². The van der Waals surface area contributed by atoms with Crippen molar-refractivity contribution in [3.63, 3.8) is 0 Å². The zero-order chi connectivity index (χ0) is 20.8. The van der Waals surface area contributed by atoms with E-state index >= 15 is 0 Å². The minimum atomic E-state index is 0.252. The van der Waals surface area contributed by atoms with Crippen molar-refractivity contribution in [1.29, 1.82) is 0 Å². The van der Waals surface area contributed by atoms with Crippen molar-refractivity contribution in [2.75, 3.05) is 47.0 Å². The van der Waals surface area contributed by atoms with Crippen molar-refractivity contribution >= 4 is 5.96 Å². The number of morpholine rings is 1. The molecule has 1 aliphatic carbocycles. The number of aliphatic imine (C=N–C) groups is 1. The molecule has 1 aliphatic heterocycles. The molecular formula is C24H32N4O2. The lowest BCUT2D eigenvalue weighted by Gasteiger charge is -2.35. The lowest BCUT2D eigenvalue weighted by Crippen LogP contribution is -2.46. The van der Waals surface area contributed by atoms with E-state index in [1.165, 1.54) is 11.1 Å². The van der Waals surface area contributed by atoms with E-state index in [9.17, 15) is 0 Å². The minimum absolute atomic E-state index is 0.252. The Morgan fingerprint density at radius 3 is 2.53 bits per heavy atom. The Bertz CT molecular complexity index is 819. The SMILES string of the molecule is CN=C(NCC(c1ccc(OC)cc1)N1CCOCC1)NC1CC1c1ccccc1. The number of hydrogen-bond acceptors (Lipinski definition) is 4. The zero-order valence-electron chi connectivity index (χ0n) is 17.9. The van der Waals surface area contributed by atoms with Gasteiger partial charge in [-0.15, -0.1) is 0 Å². The van der Waals surface area contributed by atoms with Gasteiger partial charge in [-0.3, -0.25) is 9.89 Å². The van der Waals surface area contributed by atoms with E-state index in [0.29, 0.717) is 12.0 Å². The summed E-state index contributed by atoms with van der Waals surface area (Å²) in [6.45, 7) is 4.21. The standard InChI is InChI=1S/C24H32N4O2/c1-25-24(27-22-16-21(22)18-6-4-3-5-7-18)26-17-23(28-12-14-30-15-13-28)19-8-10-20(29-2)11-9-19/h3-11,21-23H,12-17H2,1-2H3,(H2,25,26,27). The first-order valence-corrected chi connectivity index (χ1v) is 10.8. The Morgan fingerprint density at radius 1 is 1.13 bits per heavy atom. The van der Waals surface area contributed by atoms with Crippen molar-refractivity contribution in [3.05, 3.63) is 65.7 Å². The molecule has 2 N–H and O–H groups in total. The molecule has 4 rings (SSSR count). The average molecular weight is 409 g/mol. The Hall–Kier alpha value is -2.57. The smallest absolute Gasteiger partial charge is 0.191 e. The molecule has 6 heteroatoms. The second-order valence-electron chi connectivity index (χ2n) is 7.89. The number of benzene rings is 2. The van der Waals surface area contributed by atoms with Crippen LogP contribution in [0.25, 0.3) is 0 Å². The van der Waals surface area contributed by atoms with Crippen LogP contribution in [0.3, 0.4) is 0 Å². The summed E-state index contributed by atoms with van der Waals surface area (Å²) in [5, 5.41) is 7.16. The van der Waals surface area contributed by atoms with Gasteiger partial charge in [0.25, 0.3) is 0 Å². The first kappa shape index (κ1) is 20.7. The second kappa shape index (κ2) is 9.96. The molecule has 1 heterocycles. The van der Waals surface area contributed by atoms with Crippen LogP contribution < -0.4 is 15.4 Å². The molecular weight excluding hydrogens is 376 g/mol. The van der Waals surface area contributed by atoms with Gasteiger partial charge < -0.3 is 20.1 Å². The van der Waals surface area contributed by atoms with Gasteiger partial charge >= 0.3 is 0 Å². The first-order chi connectivity index (χ1) is 14.8. The average Bonchev–Trinajstić information content (AvgIpc) is 3.59. The highest BCUT2D eigenvalue weighted by atomic mass is 16.5. The van der Waals surface area contributed by atoms with Crippen molar-refractivity contribution in [2.24, 2.45) is 4.99 Å². The highest BCUT2D eigenvalue weighted by molar-refractivity contribution is 5.80. The molecule has 30 heavy (non-hydrogen) atoms. The highest BCUT2D eigenvalue weighted by Gasteiger charge is 2.39. The summed E-state index contributed by atoms with van der Waals surface area (Å²) in [6.07, 6.45) is 1.15. The fourth-order valence-corrected chi connectivity index (χ4v) is 4.16. The number of nitrogens with one attached hydrogen (secondary N) is 2. The first-order valence-electron chi connectivity index (χ1n) is 10.8. The molecule has 0 amide bonds. The third-order valence-electron chi connectivity index (χ3n) is 6.01. The molecule has 0 spiro atoms. The van der Waals surface area contributed by atoms with Gasteiger partial charge in [-0.1, -0.05) is 42.5 Å². The van der Waals surface area contributed by atoms with Crippen LogP contribution in [-0.2, 0) is 4.74 Å². The molecule has 2 aromatic rings. The molecule has 6 nitrogen and oxygen atoms in total. The van der Waals surface area contributed by atoms with Crippen molar-refractivity contribution < 1.29 is 9.47 Å². The molecule has 2 aliphatic rings. The summed E-state index contributed by atoms with van der Waals surface area (Å²) in [5.74, 6) is 2.32. The lowest BCUT2D eigenvalue weighted by atomic mass is 10.0. The Balaban J connectivity index is 1.38. The van der Waals surface area contributed by atoms with Crippen LogP contribution in [0.15, 0.2) is 59.6 Å². The van der Waals surface area contributed by atoms with Gasteiger partial charge in [0.2, 0.25) is 0 Å². The van der Waals surface area contributed by atoms with E-state index in [-0.39, 0.29) is 6.04 Å². The van der Waals surface area contributed by atoms with Crippen LogP contribution in [0.1, 0.15) is 29.5 Å². The van der Waals surface area contributed by atoms with Crippen molar-refractivity contribution in [2.45, 2.75) is 24.4 Å². The van der Waals surface area contributed by atoms with Crippen LogP contribution in [-0.4, -0.2) is 63.9 Å². The normalized spacial score (nSPS) is 22.9. The Labute approximate surface area is 179 Å². The van der Waals surface area contributed by atoms with Gasteiger partial charge in [-0.2, -0.15) is 0 Å². The molecule has 0 radical (unpaired) electrons. The van der Waals surface area contributed by atoms with Crippen LogP contribution in [0.2, 0.25) is 0 Å². The van der Waals surface area contributed by atoms with Crippen molar-refractivity contribution in [1.82, 2.24) is 15.5 Å². The molecule has 3 atom stereocenters. The maximum Gasteiger partial charge on any atom is 0.191 e. The van der Waals surface area contributed by atoms with E-state index in [1.807, 2.05) is 19.2 Å². The summed E-state index contributed by atoms with van der Waals surface area (Å²) in [7, 11) is 3.54. The quantitative estimate of drug-likeness (QED) is 0.545. The summed E-state index contributed by atoms with van der Waals surface area (Å²) >= 11 is 0. The molecule has 0 aromatic heterocycles. The largest absolute Gasteiger partial charge is 0.497 e. The maximum atomic E-state index is 5.57. The molecule has 0 bridgehead atoms. The van der Waals surface area contributed by atoms with E-state index in [0.717, 1.165) is 51.0 Å². The number of guanidine groups is 1. The predicted molar refractivity (Wildman–Crippen MR) is 120 cm³/mol. The number of nitrogens with zero attached hydrogens (tertiary/aromatic N) is 2. The van der Waals surface area contributed by atoms with Crippen LogP contribution in [0, 0.1) is 0 Å². The third kappa shape index (κ3) is 5.12. The monoisotopic (exact) mass is 408 g/mol. The fraction of sp³-hybridized carbons (Fsp3) is 0.458. The third-order valence-corrected chi connectivity index (χ3v) is 6.01. The molecule has 1 saturated carbocycles. The minimum Gasteiger partial charge on any atom is -0.497 e. The topological polar surface area (TPSA) is 58.1 Å². The van der Waals surface area contributed by atoms with Gasteiger partial charge in [0.15, 0.2) is 5.96 Å². The maximum absolute atomic E-state index is 5.57. The molecule has 2 fully saturated rings. The van der Waals surface area contributed by atoms with Crippen LogP contribution in [0.4, 0.5) is 0 Å². The second-order valence-corrected chi connectivity index (χ2v) is 7.89. The van der Waals surface area contributed by atoms with Crippen LogP contribution >= 0.6 is 0 Å². The number of ether oxygens (including phenoxy) is 2. The number of methoxy groups -OCH3 is 1. The van der Waals surface area contributed by atoms with Gasteiger partial charge in [0, 0.05) is 38.6 Å². The van der Waals surface area contributed by atoms with E-state index in [1.54, 1.807) is 7.11 Å². The Morgan fingerprint density at radius 2 is 1.87 bits per heavy atom. The Kier molecular flexibility index (Phi) is 6.87. The summed E-state index contributed by atoms with van der Waals surface area (Å²) in [6, 6.07) is 19.8. The molecule has 2 aromatic carbocycles. The van der Waals surface area contributed by atoms with E-state index in [4.69, 9.17) is 9.47 Å². The predicted octanol–water partition coefficient (Wildman–Crippen LogP) is 2.79. The summed E-state index contributed by atoms with van der Waals surface area (Å²) < 4.78 is 10.9. The van der Waals surface area contributed by atoms with Gasteiger partial charge in [-0.25, -0.2) is 0 Å². The number of hydrogen-bond donors (Lipinski definition) is 2. The molecule has 3 unspecified atom stereocenters. The van der Waals surface area contributed by atoms with Crippen molar-refractivity contribution in [3.8, 4) is 5.75 Å². The van der Waals surface area contributed by atoms with Crippen LogP contribution in [0.5, 0.6) is 5.75 Å². The van der Waals surface area contributed by atoms with E-state index < -0.39 is 0 Å². The number of rotatable bonds is 7. The highest BCUT2D eigenvalue weighted by Crippen LogP contribution is 2.40. The zero-order valence-corrected chi connectivity index (χ0v) is 17.9. The van der Waals surface area contributed by atoms with Gasteiger partial charge in [-0.05, 0) is 29.7 Å². The van der Waals surface area contributed by atoms with Gasteiger partial charge in [0.05, 0.1) is 26.4 Å². The summed E-state index contributed by atoms with van der Waals surface area (Å²) in [4.78, 5) is 6.95. The van der Waals surface area contributed by atoms with Gasteiger partial charge in [0.1, 0.15) is 5.75 Å². The lowest BCUT2D eigenvalue weighted by molar-refractivity contribution is 0.0170.